The minimum atomic E-state index is -0.530. The van der Waals surface area contributed by atoms with Crippen LogP contribution in [0.2, 0.25) is 0 Å². The maximum atomic E-state index is 9.27. The van der Waals surface area contributed by atoms with E-state index in [1.165, 1.54) is 0 Å². The fourth-order valence-corrected chi connectivity index (χ4v) is 1.07. The van der Waals surface area contributed by atoms with Gasteiger partial charge in [-0.3, -0.25) is 0 Å². The molecule has 0 aromatic heterocycles. The van der Waals surface area contributed by atoms with Gasteiger partial charge < -0.3 is 19.7 Å². The first-order chi connectivity index (χ1) is 4.83. The SMILES string of the molecule is OC[C@H]1O[C@@H]1[C@H](O)[C@@H]1CO1. The van der Waals surface area contributed by atoms with Crippen LogP contribution in [0.3, 0.4) is 0 Å². The molecule has 4 atom stereocenters. The van der Waals surface area contributed by atoms with Crippen LogP contribution < -0.4 is 0 Å². The largest absolute Gasteiger partial charge is 0.394 e. The van der Waals surface area contributed by atoms with Crippen molar-refractivity contribution in [1.82, 2.24) is 0 Å². The Balaban J connectivity index is 1.78. The third-order valence-electron chi connectivity index (χ3n) is 1.88. The Labute approximate surface area is 58.4 Å². The third-order valence-corrected chi connectivity index (χ3v) is 1.88. The van der Waals surface area contributed by atoms with E-state index in [0.717, 1.165) is 0 Å². The quantitative estimate of drug-likeness (QED) is 0.476. The molecule has 2 N–H and O–H groups in total. The Hall–Kier alpha value is -0.160. The molecule has 4 heteroatoms. The zero-order valence-corrected chi connectivity index (χ0v) is 5.43. The van der Waals surface area contributed by atoms with Crippen LogP contribution >= 0.6 is 0 Å². The molecule has 0 spiro atoms. The van der Waals surface area contributed by atoms with Crippen molar-refractivity contribution in [3.05, 3.63) is 0 Å². The van der Waals surface area contributed by atoms with Gasteiger partial charge in [-0.2, -0.15) is 0 Å². The van der Waals surface area contributed by atoms with E-state index in [1.807, 2.05) is 0 Å². The van der Waals surface area contributed by atoms with Gasteiger partial charge in [0.05, 0.1) is 13.2 Å². The van der Waals surface area contributed by atoms with Crippen molar-refractivity contribution < 1.29 is 19.7 Å². The molecule has 2 aliphatic heterocycles. The normalized spacial score (nSPS) is 46.8. The third kappa shape index (κ3) is 1.03. The van der Waals surface area contributed by atoms with Gasteiger partial charge in [-0.05, 0) is 0 Å². The maximum Gasteiger partial charge on any atom is 0.115 e. The van der Waals surface area contributed by atoms with Gasteiger partial charge in [0.15, 0.2) is 0 Å². The first kappa shape index (κ1) is 6.54. The molecule has 4 nitrogen and oxygen atoms in total. The average Bonchev–Trinajstić information content (AvgIpc) is 2.83. The average molecular weight is 146 g/mol. The van der Waals surface area contributed by atoms with Crippen LogP contribution in [-0.2, 0) is 9.47 Å². The highest BCUT2D eigenvalue weighted by Crippen LogP contribution is 2.30. The number of hydrogen-bond donors (Lipinski definition) is 2. The van der Waals surface area contributed by atoms with E-state index in [1.54, 1.807) is 0 Å². The Kier molecular flexibility index (Phi) is 1.42. The Morgan fingerprint density at radius 1 is 1.60 bits per heavy atom. The summed E-state index contributed by atoms with van der Waals surface area (Å²) >= 11 is 0. The molecule has 2 saturated heterocycles. The highest BCUT2D eigenvalue weighted by Gasteiger charge is 2.50. The van der Waals surface area contributed by atoms with Gasteiger partial charge in [-0.25, -0.2) is 0 Å². The number of epoxide rings is 2. The van der Waals surface area contributed by atoms with Crippen LogP contribution in [0.4, 0.5) is 0 Å². The highest BCUT2D eigenvalue weighted by molar-refractivity contribution is 4.96. The standard InChI is InChI=1S/C6H10O4/c7-1-3-6(10-3)5(8)4-2-9-4/h3-8H,1-2H2/t3-,4+,5-,6+/m1/s1. The Morgan fingerprint density at radius 2 is 2.30 bits per heavy atom. The van der Waals surface area contributed by atoms with Gasteiger partial charge in [0.1, 0.15) is 24.4 Å². The second-order valence-corrected chi connectivity index (χ2v) is 2.68. The van der Waals surface area contributed by atoms with E-state index in [4.69, 9.17) is 14.6 Å². The monoisotopic (exact) mass is 146 g/mol. The Bertz CT molecular complexity index is 134. The van der Waals surface area contributed by atoms with Crippen molar-refractivity contribution in [2.75, 3.05) is 13.2 Å². The van der Waals surface area contributed by atoms with Crippen molar-refractivity contribution in [1.29, 1.82) is 0 Å². The van der Waals surface area contributed by atoms with E-state index in [0.29, 0.717) is 6.61 Å². The molecule has 0 aromatic rings. The minimum Gasteiger partial charge on any atom is -0.394 e. The zero-order chi connectivity index (χ0) is 7.14. The van der Waals surface area contributed by atoms with Gasteiger partial charge in [-0.1, -0.05) is 0 Å². The molecule has 0 amide bonds. The molecular formula is C6H10O4. The summed E-state index contributed by atoms with van der Waals surface area (Å²) in [5.74, 6) is 0. The zero-order valence-electron chi connectivity index (χ0n) is 5.43. The van der Waals surface area contributed by atoms with Crippen molar-refractivity contribution >= 4 is 0 Å². The van der Waals surface area contributed by atoms with Crippen LogP contribution in [0, 0.1) is 0 Å². The highest BCUT2D eigenvalue weighted by atomic mass is 16.6. The molecule has 10 heavy (non-hydrogen) atoms. The topological polar surface area (TPSA) is 65.5 Å². The Morgan fingerprint density at radius 3 is 2.70 bits per heavy atom. The van der Waals surface area contributed by atoms with E-state index in [9.17, 15) is 5.11 Å². The number of aliphatic hydroxyl groups is 2. The summed E-state index contributed by atoms with van der Waals surface area (Å²) < 4.78 is 9.80. The summed E-state index contributed by atoms with van der Waals surface area (Å²) in [6.45, 7) is 0.619. The molecular weight excluding hydrogens is 136 g/mol. The number of aliphatic hydroxyl groups excluding tert-OH is 2. The van der Waals surface area contributed by atoms with Crippen molar-refractivity contribution in [3.63, 3.8) is 0 Å². The van der Waals surface area contributed by atoms with Crippen molar-refractivity contribution in [2.45, 2.75) is 24.4 Å². The summed E-state index contributed by atoms with van der Waals surface area (Å²) in [5.41, 5.74) is 0. The number of hydrogen-bond acceptors (Lipinski definition) is 4. The molecule has 2 rings (SSSR count). The lowest BCUT2D eigenvalue weighted by molar-refractivity contribution is 0.103. The molecule has 0 aliphatic carbocycles. The lowest BCUT2D eigenvalue weighted by atomic mass is 10.1. The maximum absolute atomic E-state index is 9.27. The van der Waals surface area contributed by atoms with Crippen molar-refractivity contribution in [2.24, 2.45) is 0 Å². The van der Waals surface area contributed by atoms with Crippen LogP contribution in [0.5, 0.6) is 0 Å². The second-order valence-electron chi connectivity index (χ2n) is 2.68. The molecule has 0 unspecified atom stereocenters. The summed E-state index contributed by atoms with van der Waals surface area (Å²) in [4.78, 5) is 0. The number of ether oxygens (including phenoxy) is 2. The van der Waals surface area contributed by atoms with Gasteiger partial charge in [0.25, 0.3) is 0 Å². The van der Waals surface area contributed by atoms with E-state index in [2.05, 4.69) is 0 Å². The van der Waals surface area contributed by atoms with Gasteiger partial charge in [0.2, 0.25) is 0 Å². The molecule has 0 aromatic carbocycles. The van der Waals surface area contributed by atoms with Crippen LogP contribution in [0.1, 0.15) is 0 Å². The smallest absolute Gasteiger partial charge is 0.115 e. The summed E-state index contributed by atoms with van der Waals surface area (Å²) in [6.07, 6.45) is -0.907. The molecule has 2 fully saturated rings. The molecule has 0 bridgehead atoms. The molecule has 58 valence electrons. The molecule has 0 saturated carbocycles. The lowest BCUT2D eigenvalue weighted by Crippen LogP contribution is -2.24. The van der Waals surface area contributed by atoms with Crippen LogP contribution in [0.15, 0.2) is 0 Å². The lowest BCUT2D eigenvalue weighted by Gasteiger charge is -1.99. The van der Waals surface area contributed by atoms with Crippen LogP contribution in [0.25, 0.3) is 0 Å². The van der Waals surface area contributed by atoms with Gasteiger partial charge in [0, 0.05) is 0 Å². The molecule has 2 aliphatic rings. The summed E-state index contributed by atoms with van der Waals surface area (Å²) in [7, 11) is 0. The van der Waals surface area contributed by atoms with Gasteiger partial charge >= 0.3 is 0 Å². The van der Waals surface area contributed by atoms with Crippen molar-refractivity contribution in [3.8, 4) is 0 Å². The predicted octanol–water partition coefficient (Wildman–Crippen LogP) is -1.49. The van der Waals surface area contributed by atoms with Gasteiger partial charge in [-0.15, -0.1) is 0 Å². The summed E-state index contributed by atoms with van der Waals surface area (Å²) in [6, 6.07) is 0. The van der Waals surface area contributed by atoms with E-state index >= 15 is 0 Å². The summed E-state index contributed by atoms with van der Waals surface area (Å²) in [5, 5.41) is 17.8. The number of rotatable bonds is 3. The predicted molar refractivity (Wildman–Crippen MR) is 31.5 cm³/mol. The van der Waals surface area contributed by atoms with Crippen LogP contribution in [-0.4, -0.2) is 47.8 Å². The first-order valence-electron chi connectivity index (χ1n) is 3.39. The fourth-order valence-electron chi connectivity index (χ4n) is 1.07. The molecule has 2 heterocycles. The van der Waals surface area contributed by atoms with E-state index < -0.39 is 6.10 Å². The molecule has 0 radical (unpaired) electrons. The first-order valence-corrected chi connectivity index (χ1v) is 3.39. The second kappa shape index (κ2) is 2.17. The fraction of sp³-hybridized carbons (Fsp3) is 1.00. The van der Waals surface area contributed by atoms with E-state index in [-0.39, 0.29) is 24.9 Å². The minimum absolute atomic E-state index is 0.00551.